The Morgan fingerprint density at radius 2 is 2.00 bits per heavy atom. The highest BCUT2D eigenvalue weighted by molar-refractivity contribution is 5.92. The number of aliphatic hydroxyl groups is 1. The number of hydrogen-bond donors (Lipinski definition) is 2. The first kappa shape index (κ1) is 17.0. The molecule has 23 heavy (non-hydrogen) atoms. The fraction of sp³-hybridized carbons (Fsp3) is 0.316. The number of aliphatic hydroxyl groups excluding tert-OH is 1. The highest BCUT2D eigenvalue weighted by Gasteiger charge is 2.09. The molecule has 0 atom stereocenters. The van der Waals surface area contributed by atoms with Gasteiger partial charge in [-0.3, -0.25) is 4.79 Å². The van der Waals surface area contributed by atoms with E-state index in [1.165, 1.54) is 5.56 Å². The SMILES string of the molecule is CCC(=O)Nc1cc(CCO)ccc1OCc1cccc(C)c1. The van der Waals surface area contributed by atoms with E-state index in [1.807, 2.05) is 43.3 Å². The van der Waals surface area contributed by atoms with Crippen molar-refractivity contribution in [1.82, 2.24) is 0 Å². The summed E-state index contributed by atoms with van der Waals surface area (Å²) in [6.07, 6.45) is 0.953. The monoisotopic (exact) mass is 313 g/mol. The first-order valence-corrected chi connectivity index (χ1v) is 7.84. The highest BCUT2D eigenvalue weighted by atomic mass is 16.5. The highest BCUT2D eigenvalue weighted by Crippen LogP contribution is 2.27. The Morgan fingerprint density at radius 3 is 2.70 bits per heavy atom. The van der Waals surface area contributed by atoms with Crippen LogP contribution in [0.2, 0.25) is 0 Å². The van der Waals surface area contributed by atoms with Gasteiger partial charge in [-0.25, -0.2) is 0 Å². The summed E-state index contributed by atoms with van der Waals surface area (Å²) in [6.45, 7) is 4.36. The van der Waals surface area contributed by atoms with Gasteiger partial charge in [-0.15, -0.1) is 0 Å². The van der Waals surface area contributed by atoms with Crippen LogP contribution in [0.1, 0.15) is 30.0 Å². The van der Waals surface area contributed by atoms with Crippen molar-refractivity contribution in [2.45, 2.75) is 33.3 Å². The van der Waals surface area contributed by atoms with Gasteiger partial charge in [0.2, 0.25) is 5.91 Å². The number of carbonyl (C=O) groups is 1. The van der Waals surface area contributed by atoms with Gasteiger partial charge in [-0.2, -0.15) is 0 Å². The first-order valence-electron chi connectivity index (χ1n) is 7.84. The van der Waals surface area contributed by atoms with Crippen molar-refractivity contribution in [3.63, 3.8) is 0 Å². The molecule has 0 fully saturated rings. The third-order valence-corrected chi connectivity index (χ3v) is 3.52. The normalized spacial score (nSPS) is 10.4. The van der Waals surface area contributed by atoms with Gasteiger partial charge in [0, 0.05) is 13.0 Å². The third kappa shape index (κ3) is 5.11. The van der Waals surface area contributed by atoms with E-state index in [2.05, 4.69) is 11.4 Å². The summed E-state index contributed by atoms with van der Waals surface area (Å²) >= 11 is 0. The lowest BCUT2D eigenvalue weighted by atomic mass is 10.1. The zero-order chi connectivity index (χ0) is 16.7. The van der Waals surface area contributed by atoms with Gasteiger partial charge in [0.1, 0.15) is 12.4 Å². The Labute approximate surface area is 137 Å². The van der Waals surface area contributed by atoms with Crippen LogP contribution in [-0.4, -0.2) is 17.6 Å². The average molecular weight is 313 g/mol. The van der Waals surface area contributed by atoms with E-state index in [-0.39, 0.29) is 12.5 Å². The van der Waals surface area contributed by atoms with Crippen molar-refractivity contribution in [3.8, 4) is 5.75 Å². The third-order valence-electron chi connectivity index (χ3n) is 3.52. The molecule has 122 valence electrons. The van der Waals surface area contributed by atoms with Crippen LogP contribution in [0.5, 0.6) is 5.75 Å². The molecular weight excluding hydrogens is 290 g/mol. The van der Waals surface area contributed by atoms with Crippen LogP contribution in [0.3, 0.4) is 0 Å². The smallest absolute Gasteiger partial charge is 0.224 e. The van der Waals surface area contributed by atoms with E-state index >= 15 is 0 Å². The predicted octanol–water partition coefficient (Wildman–Crippen LogP) is 3.46. The van der Waals surface area contributed by atoms with E-state index in [0.29, 0.717) is 30.9 Å². The van der Waals surface area contributed by atoms with Crippen molar-refractivity contribution >= 4 is 11.6 Å². The van der Waals surface area contributed by atoms with E-state index < -0.39 is 0 Å². The van der Waals surface area contributed by atoms with E-state index in [9.17, 15) is 4.79 Å². The van der Waals surface area contributed by atoms with Crippen LogP contribution in [0, 0.1) is 6.92 Å². The summed E-state index contributed by atoms with van der Waals surface area (Å²) in [5.74, 6) is 0.571. The van der Waals surface area contributed by atoms with Crippen LogP contribution in [-0.2, 0) is 17.8 Å². The molecule has 2 aromatic rings. The topological polar surface area (TPSA) is 58.6 Å². The van der Waals surface area contributed by atoms with Crippen molar-refractivity contribution in [1.29, 1.82) is 0 Å². The number of nitrogens with one attached hydrogen (secondary N) is 1. The van der Waals surface area contributed by atoms with Gasteiger partial charge in [0.25, 0.3) is 0 Å². The van der Waals surface area contributed by atoms with Crippen molar-refractivity contribution in [2.24, 2.45) is 0 Å². The number of carbonyl (C=O) groups excluding carboxylic acids is 1. The molecule has 0 radical (unpaired) electrons. The quantitative estimate of drug-likeness (QED) is 0.823. The number of amides is 1. The van der Waals surface area contributed by atoms with Crippen LogP contribution in [0.4, 0.5) is 5.69 Å². The van der Waals surface area contributed by atoms with Gasteiger partial charge in [-0.05, 0) is 36.6 Å². The van der Waals surface area contributed by atoms with Gasteiger partial charge >= 0.3 is 0 Å². The maximum atomic E-state index is 11.7. The minimum absolute atomic E-state index is 0.0634. The van der Waals surface area contributed by atoms with E-state index in [1.54, 1.807) is 6.92 Å². The second kappa shape index (κ2) is 8.34. The second-order valence-electron chi connectivity index (χ2n) is 5.48. The molecule has 0 saturated carbocycles. The molecule has 0 unspecified atom stereocenters. The number of aryl methyl sites for hydroxylation is 1. The number of rotatable bonds is 7. The molecule has 0 spiro atoms. The molecule has 2 N–H and O–H groups in total. The van der Waals surface area contributed by atoms with Crippen molar-refractivity contribution < 1.29 is 14.6 Å². The second-order valence-corrected chi connectivity index (χ2v) is 5.48. The van der Waals surface area contributed by atoms with Crippen molar-refractivity contribution in [3.05, 3.63) is 59.2 Å². The Bertz CT molecular complexity index is 667. The van der Waals surface area contributed by atoms with Crippen LogP contribution >= 0.6 is 0 Å². The van der Waals surface area contributed by atoms with Gasteiger partial charge in [0.05, 0.1) is 5.69 Å². The summed E-state index contributed by atoms with van der Waals surface area (Å²) in [4.78, 5) is 11.7. The molecule has 0 aliphatic heterocycles. The molecular formula is C19H23NO3. The molecule has 0 aliphatic rings. The lowest BCUT2D eigenvalue weighted by Gasteiger charge is -2.14. The zero-order valence-electron chi connectivity index (χ0n) is 13.6. The molecule has 1 amide bonds. The first-order chi connectivity index (χ1) is 11.1. The lowest BCUT2D eigenvalue weighted by molar-refractivity contribution is -0.115. The minimum Gasteiger partial charge on any atom is -0.487 e. The molecule has 2 rings (SSSR count). The molecule has 0 heterocycles. The fourth-order valence-electron chi connectivity index (χ4n) is 2.29. The standard InChI is InChI=1S/C19H23NO3/c1-3-19(22)20-17-12-15(9-10-21)7-8-18(17)23-13-16-6-4-5-14(2)11-16/h4-8,11-12,21H,3,9-10,13H2,1-2H3,(H,20,22). The number of benzene rings is 2. The zero-order valence-corrected chi connectivity index (χ0v) is 13.6. The summed E-state index contributed by atoms with van der Waals surface area (Å²) in [5.41, 5.74) is 3.87. The summed E-state index contributed by atoms with van der Waals surface area (Å²) in [7, 11) is 0. The minimum atomic E-state index is -0.0634. The predicted molar refractivity (Wildman–Crippen MR) is 91.7 cm³/mol. The van der Waals surface area contributed by atoms with Gasteiger partial charge in [0.15, 0.2) is 0 Å². The average Bonchev–Trinajstić information content (AvgIpc) is 2.54. The fourth-order valence-corrected chi connectivity index (χ4v) is 2.29. The molecule has 0 saturated heterocycles. The van der Waals surface area contributed by atoms with Crippen LogP contribution in [0.25, 0.3) is 0 Å². The number of hydrogen-bond acceptors (Lipinski definition) is 3. The lowest BCUT2D eigenvalue weighted by Crippen LogP contribution is -2.11. The number of anilines is 1. The number of ether oxygens (including phenoxy) is 1. The maximum Gasteiger partial charge on any atom is 0.224 e. The van der Waals surface area contributed by atoms with Crippen LogP contribution in [0.15, 0.2) is 42.5 Å². The summed E-state index contributed by atoms with van der Waals surface area (Å²) < 4.78 is 5.88. The van der Waals surface area contributed by atoms with E-state index in [0.717, 1.165) is 11.1 Å². The van der Waals surface area contributed by atoms with Gasteiger partial charge in [-0.1, -0.05) is 42.8 Å². The van der Waals surface area contributed by atoms with Crippen LogP contribution < -0.4 is 10.1 Å². The molecule has 0 aliphatic carbocycles. The molecule has 2 aromatic carbocycles. The molecule has 0 bridgehead atoms. The molecule has 4 heteroatoms. The van der Waals surface area contributed by atoms with E-state index in [4.69, 9.17) is 9.84 Å². The largest absolute Gasteiger partial charge is 0.487 e. The van der Waals surface area contributed by atoms with Gasteiger partial charge < -0.3 is 15.2 Å². The maximum absolute atomic E-state index is 11.7. The Morgan fingerprint density at radius 1 is 1.17 bits per heavy atom. The molecule has 0 aromatic heterocycles. The Kier molecular flexibility index (Phi) is 6.18. The van der Waals surface area contributed by atoms with Crippen molar-refractivity contribution in [2.75, 3.05) is 11.9 Å². The summed E-state index contributed by atoms with van der Waals surface area (Å²) in [6, 6.07) is 13.7. The molecule has 4 nitrogen and oxygen atoms in total. The Balaban J connectivity index is 2.16. The summed E-state index contributed by atoms with van der Waals surface area (Å²) in [5, 5.41) is 11.9. The Hall–Kier alpha value is -2.33.